The van der Waals surface area contributed by atoms with Gasteiger partial charge in [0.2, 0.25) is 5.95 Å². The van der Waals surface area contributed by atoms with Crippen LogP contribution >= 0.6 is 11.6 Å². The number of cyclic esters (lactones) is 2. The Morgan fingerprint density at radius 2 is 2.00 bits per heavy atom. The minimum Gasteiger partial charge on any atom is -0.393 e. The minimum atomic E-state index is -0.711. The van der Waals surface area contributed by atoms with Gasteiger partial charge < -0.3 is 4.74 Å². The fourth-order valence-corrected chi connectivity index (χ4v) is 1.80. The van der Waals surface area contributed by atoms with Gasteiger partial charge in [-0.15, -0.1) is 0 Å². The molecule has 2 rings (SSSR count). The fourth-order valence-electron chi connectivity index (χ4n) is 1.63. The number of nitrogens with zero attached hydrogens (tertiary/aromatic N) is 1. The van der Waals surface area contributed by atoms with E-state index in [4.69, 9.17) is 11.6 Å². The highest BCUT2D eigenvalue weighted by molar-refractivity contribution is 6.30. The molecular formula is C10H7ClFNO3. The van der Waals surface area contributed by atoms with E-state index in [1.54, 1.807) is 0 Å². The second kappa shape index (κ2) is 4.17. The quantitative estimate of drug-likeness (QED) is 0.429. The summed E-state index contributed by atoms with van der Waals surface area (Å²) in [4.78, 5) is 25.5. The SMILES string of the molecule is O=C1CC(c2cc(Cl)cnc2F)CC(=O)O1. The molecule has 4 nitrogen and oxygen atoms in total. The number of hydrogen-bond acceptors (Lipinski definition) is 4. The molecule has 0 amide bonds. The Kier molecular flexibility index (Phi) is 2.87. The maximum atomic E-state index is 13.4. The van der Waals surface area contributed by atoms with Gasteiger partial charge in [-0.25, -0.2) is 4.98 Å². The largest absolute Gasteiger partial charge is 0.393 e. The summed E-state index contributed by atoms with van der Waals surface area (Å²) in [7, 11) is 0. The number of esters is 2. The minimum absolute atomic E-state index is 0.0370. The summed E-state index contributed by atoms with van der Waals surface area (Å²) in [5.41, 5.74) is 0.178. The molecule has 1 aliphatic heterocycles. The fraction of sp³-hybridized carbons (Fsp3) is 0.300. The van der Waals surface area contributed by atoms with Crippen LogP contribution in [-0.2, 0) is 14.3 Å². The van der Waals surface area contributed by atoms with Crippen molar-refractivity contribution in [3.63, 3.8) is 0 Å². The molecule has 84 valence electrons. The van der Waals surface area contributed by atoms with E-state index in [1.807, 2.05) is 0 Å². The van der Waals surface area contributed by atoms with Crippen LogP contribution in [0.3, 0.4) is 0 Å². The number of pyridine rings is 1. The molecule has 1 fully saturated rings. The van der Waals surface area contributed by atoms with Crippen molar-refractivity contribution in [1.29, 1.82) is 0 Å². The van der Waals surface area contributed by atoms with Crippen molar-refractivity contribution in [2.24, 2.45) is 0 Å². The summed E-state index contributed by atoms with van der Waals surface area (Å²) >= 11 is 5.68. The van der Waals surface area contributed by atoms with Gasteiger partial charge in [0.05, 0.1) is 17.9 Å². The van der Waals surface area contributed by atoms with Crippen molar-refractivity contribution in [3.05, 3.63) is 28.8 Å². The van der Waals surface area contributed by atoms with Crippen LogP contribution in [0.4, 0.5) is 4.39 Å². The summed E-state index contributed by atoms with van der Waals surface area (Å²) in [5, 5.41) is 0.266. The van der Waals surface area contributed by atoms with Crippen LogP contribution in [0, 0.1) is 5.95 Å². The molecule has 0 radical (unpaired) electrons. The molecule has 1 saturated heterocycles. The summed E-state index contributed by atoms with van der Waals surface area (Å²) in [6.07, 6.45) is 1.10. The molecule has 6 heteroatoms. The molecule has 0 atom stereocenters. The predicted octanol–water partition coefficient (Wildman–Crippen LogP) is 1.82. The Bertz CT molecular complexity index is 447. The van der Waals surface area contributed by atoms with E-state index in [9.17, 15) is 14.0 Å². The number of hydrogen-bond donors (Lipinski definition) is 0. The first-order valence-electron chi connectivity index (χ1n) is 4.60. The van der Waals surface area contributed by atoms with Crippen molar-refractivity contribution in [2.75, 3.05) is 0 Å². The summed E-state index contributed by atoms with van der Waals surface area (Å²) in [6, 6.07) is 1.38. The first-order chi connectivity index (χ1) is 7.56. The second-order valence-electron chi connectivity index (χ2n) is 3.48. The number of carbonyl (C=O) groups is 2. The third-order valence-corrected chi connectivity index (χ3v) is 2.53. The zero-order valence-corrected chi connectivity index (χ0v) is 8.83. The van der Waals surface area contributed by atoms with E-state index in [1.165, 1.54) is 12.3 Å². The van der Waals surface area contributed by atoms with Crippen LogP contribution in [0.25, 0.3) is 0 Å². The van der Waals surface area contributed by atoms with E-state index < -0.39 is 23.8 Å². The van der Waals surface area contributed by atoms with E-state index in [0.717, 1.165) is 0 Å². The van der Waals surface area contributed by atoms with Gasteiger partial charge in [-0.05, 0) is 6.07 Å². The summed E-state index contributed by atoms with van der Waals surface area (Å²) in [6.45, 7) is 0. The molecule has 0 spiro atoms. The zero-order valence-electron chi connectivity index (χ0n) is 8.07. The van der Waals surface area contributed by atoms with Gasteiger partial charge in [0.25, 0.3) is 0 Å². The van der Waals surface area contributed by atoms with Crippen molar-refractivity contribution < 1.29 is 18.7 Å². The van der Waals surface area contributed by atoms with Crippen LogP contribution in [0.2, 0.25) is 5.02 Å². The van der Waals surface area contributed by atoms with Crippen LogP contribution in [0.5, 0.6) is 0 Å². The Labute approximate surface area is 95.4 Å². The molecule has 0 aromatic carbocycles. The van der Waals surface area contributed by atoms with Crippen molar-refractivity contribution >= 4 is 23.5 Å². The lowest BCUT2D eigenvalue weighted by atomic mass is 9.92. The maximum absolute atomic E-state index is 13.4. The highest BCUT2D eigenvalue weighted by atomic mass is 35.5. The molecule has 1 aromatic heterocycles. The lowest BCUT2D eigenvalue weighted by Crippen LogP contribution is -2.24. The first kappa shape index (κ1) is 11.0. The monoisotopic (exact) mass is 243 g/mol. The third kappa shape index (κ3) is 2.19. The van der Waals surface area contributed by atoms with Gasteiger partial charge in [0.1, 0.15) is 0 Å². The number of carbonyl (C=O) groups excluding carboxylic acids is 2. The van der Waals surface area contributed by atoms with Crippen molar-refractivity contribution in [3.8, 4) is 0 Å². The second-order valence-corrected chi connectivity index (χ2v) is 3.92. The topological polar surface area (TPSA) is 56.3 Å². The Balaban J connectivity index is 2.32. The molecule has 0 bridgehead atoms. The van der Waals surface area contributed by atoms with Gasteiger partial charge >= 0.3 is 11.9 Å². The number of halogens is 2. The van der Waals surface area contributed by atoms with Crippen LogP contribution in [0.1, 0.15) is 24.3 Å². The molecule has 1 aromatic rings. The molecule has 0 aliphatic carbocycles. The number of rotatable bonds is 1. The Morgan fingerprint density at radius 3 is 2.62 bits per heavy atom. The van der Waals surface area contributed by atoms with Crippen LogP contribution < -0.4 is 0 Å². The third-order valence-electron chi connectivity index (χ3n) is 2.33. The van der Waals surface area contributed by atoms with Gasteiger partial charge in [-0.2, -0.15) is 4.39 Å². The number of aromatic nitrogens is 1. The molecule has 2 heterocycles. The predicted molar refractivity (Wildman–Crippen MR) is 52.3 cm³/mol. The maximum Gasteiger partial charge on any atom is 0.314 e. The van der Waals surface area contributed by atoms with Crippen molar-refractivity contribution in [2.45, 2.75) is 18.8 Å². The lowest BCUT2D eigenvalue weighted by molar-refractivity contribution is -0.163. The molecule has 0 N–H and O–H groups in total. The Hall–Kier alpha value is -1.49. The van der Waals surface area contributed by atoms with E-state index in [2.05, 4.69) is 9.72 Å². The lowest BCUT2D eigenvalue weighted by Gasteiger charge is -2.20. The van der Waals surface area contributed by atoms with Gasteiger partial charge in [-0.1, -0.05) is 11.6 Å². The van der Waals surface area contributed by atoms with Gasteiger partial charge in [0.15, 0.2) is 0 Å². The highest BCUT2D eigenvalue weighted by Gasteiger charge is 2.30. The Morgan fingerprint density at radius 1 is 1.38 bits per heavy atom. The van der Waals surface area contributed by atoms with E-state index in [-0.39, 0.29) is 23.4 Å². The summed E-state index contributed by atoms with van der Waals surface area (Å²) in [5.74, 6) is -2.56. The molecule has 0 unspecified atom stereocenters. The molecule has 0 saturated carbocycles. The van der Waals surface area contributed by atoms with Gasteiger partial charge in [-0.3, -0.25) is 9.59 Å². The smallest absolute Gasteiger partial charge is 0.314 e. The van der Waals surface area contributed by atoms with Crippen LogP contribution in [-0.4, -0.2) is 16.9 Å². The zero-order chi connectivity index (χ0) is 11.7. The molecule has 1 aliphatic rings. The van der Waals surface area contributed by atoms with E-state index in [0.29, 0.717) is 0 Å². The highest BCUT2D eigenvalue weighted by Crippen LogP contribution is 2.30. The summed E-state index contributed by atoms with van der Waals surface area (Å²) < 4.78 is 17.7. The van der Waals surface area contributed by atoms with E-state index >= 15 is 0 Å². The standard InChI is InChI=1S/C10H7ClFNO3/c11-6-3-7(10(12)13-4-6)5-1-8(14)16-9(15)2-5/h3-5H,1-2H2. The van der Waals surface area contributed by atoms with Gasteiger partial charge in [0, 0.05) is 17.7 Å². The molecule has 16 heavy (non-hydrogen) atoms. The van der Waals surface area contributed by atoms with Crippen LogP contribution in [0.15, 0.2) is 12.3 Å². The molecular weight excluding hydrogens is 237 g/mol. The van der Waals surface area contributed by atoms with Crippen molar-refractivity contribution in [1.82, 2.24) is 4.98 Å². The normalized spacial score (nSPS) is 17.4. The first-order valence-corrected chi connectivity index (χ1v) is 4.98. The number of ether oxygens (including phenoxy) is 1. The average molecular weight is 244 g/mol. The average Bonchev–Trinajstić information content (AvgIpc) is 2.20.